The van der Waals surface area contributed by atoms with Crippen molar-refractivity contribution in [1.29, 1.82) is 0 Å². The normalized spacial score (nSPS) is 12.2. The first-order chi connectivity index (χ1) is 6.48. The monoisotopic (exact) mass is 189 g/mol. The van der Waals surface area contributed by atoms with Crippen molar-refractivity contribution in [3.05, 3.63) is 23.8 Å². The van der Waals surface area contributed by atoms with Crippen LogP contribution < -0.4 is 5.73 Å². The maximum absolute atomic E-state index is 5.64. The molecule has 74 valence electrons. The Morgan fingerprint density at radius 2 is 2.00 bits per heavy atom. The third-order valence-corrected chi connectivity index (χ3v) is 2.34. The number of hydrogen-bond donors (Lipinski definition) is 2. The molecule has 0 amide bonds. The number of para-hydroxylation sites is 1. The van der Waals surface area contributed by atoms with Crippen LogP contribution in [0, 0.1) is 0 Å². The minimum atomic E-state index is 0.0984. The average molecular weight is 189 g/mol. The van der Waals surface area contributed by atoms with Crippen molar-refractivity contribution in [3.8, 4) is 0 Å². The number of nitrogens with zero attached hydrogens (tertiary/aromatic N) is 1. The van der Waals surface area contributed by atoms with Crippen LogP contribution in [0.3, 0.4) is 0 Å². The lowest BCUT2D eigenvalue weighted by Gasteiger charge is -2.18. The fourth-order valence-electron chi connectivity index (χ4n) is 1.66. The standard InChI is InChI=1S/C11H15N3/c1-11(2,3)7-5-4-6-8-9(7)14-10(12)13-8/h4-6H,1-3H3,(H3,12,13,14). The molecule has 0 atom stereocenters. The summed E-state index contributed by atoms with van der Waals surface area (Å²) in [5, 5.41) is 0. The molecule has 2 aromatic rings. The summed E-state index contributed by atoms with van der Waals surface area (Å²) in [7, 11) is 0. The summed E-state index contributed by atoms with van der Waals surface area (Å²) in [6.07, 6.45) is 0. The maximum atomic E-state index is 5.64. The van der Waals surface area contributed by atoms with Crippen LogP contribution in [-0.4, -0.2) is 9.97 Å². The molecule has 1 heterocycles. The lowest BCUT2D eigenvalue weighted by Crippen LogP contribution is -2.11. The number of hydrogen-bond acceptors (Lipinski definition) is 2. The van der Waals surface area contributed by atoms with Crippen molar-refractivity contribution < 1.29 is 0 Å². The molecule has 0 unspecified atom stereocenters. The Balaban J connectivity index is 2.77. The van der Waals surface area contributed by atoms with Crippen LogP contribution in [-0.2, 0) is 5.41 Å². The van der Waals surface area contributed by atoms with E-state index in [9.17, 15) is 0 Å². The Hall–Kier alpha value is -1.51. The average Bonchev–Trinajstić information content (AvgIpc) is 2.41. The molecule has 3 heteroatoms. The van der Waals surface area contributed by atoms with Gasteiger partial charge in [0.15, 0.2) is 5.95 Å². The minimum absolute atomic E-state index is 0.0984. The van der Waals surface area contributed by atoms with Gasteiger partial charge in [0.05, 0.1) is 11.0 Å². The zero-order valence-electron chi connectivity index (χ0n) is 8.76. The zero-order valence-corrected chi connectivity index (χ0v) is 8.76. The first kappa shape index (κ1) is 9.06. The van der Waals surface area contributed by atoms with E-state index in [4.69, 9.17) is 5.73 Å². The van der Waals surface area contributed by atoms with Crippen LogP contribution in [0.25, 0.3) is 11.0 Å². The van der Waals surface area contributed by atoms with Crippen LogP contribution in [0.2, 0.25) is 0 Å². The lowest BCUT2D eigenvalue weighted by molar-refractivity contribution is 0.595. The molecule has 14 heavy (non-hydrogen) atoms. The van der Waals surface area contributed by atoms with E-state index < -0.39 is 0 Å². The zero-order chi connectivity index (χ0) is 10.3. The number of fused-ring (bicyclic) bond motifs is 1. The summed E-state index contributed by atoms with van der Waals surface area (Å²) in [6.45, 7) is 6.52. The number of imidazole rings is 1. The predicted octanol–water partition coefficient (Wildman–Crippen LogP) is 2.44. The number of rotatable bonds is 0. The second-order valence-electron chi connectivity index (χ2n) is 4.57. The number of nitrogen functional groups attached to an aromatic ring is 1. The predicted molar refractivity (Wildman–Crippen MR) is 59.2 cm³/mol. The lowest BCUT2D eigenvalue weighted by atomic mass is 9.86. The van der Waals surface area contributed by atoms with Gasteiger partial charge in [-0.3, -0.25) is 0 Å². The van der Waals surface area contributed by atoms with Gasteiger partial charge < -0.3 is 10.7 Å². The van der Waals surface area contributed by atoms with Crippen LogP contribution in [0.5, 0.6) is 0 Å². The Bertz CT molecular complexity index is 463. The first-order valence-corrected chi connectivity index (χ1v) is 4.73. The van der Waals surface area contributed by atoms with Gasteiger partial charge in [-0.05, 0) is 17.0 Å². The fraction of sp³-hybridized carbons (Fsp3) is 0.364. The second kappa shape index (κ2) is 2.74. The number of nitrogens with one attached hydrogen (secondary N) is 1. The van der Waals surface area contributed by atoms with E-state index in [1.807, 2.05) is 12.1 Å². The molecule has 1 aromatic heterocycles. The molecule has 3 N–H and O–H groups in total. The van der Waals surface area contributed by atoms with Crippen molar-refractivity contribution in [2.75, 3.05) is 5.73 Å². The second-order valence-corrected chi connectivity index (χ2v) is 4.57. The molecule has 0 radical (unpaired) electrons. The van der Waals surface area contributed by atoms with Crippen LogP contribution in [0.1, 0.15) is 26.3 Å². The smallest absolute Gasteiger partial charge is 0.198 e. The Labute approximate surface area is 83.3 Å². The van der Waals surface area contributed by atoms with Crippen LogP contribution in [0.15, 0.2) is 18.2 Å². The Kier molecular flexibility index (Phi) is 1.77. The van der Waals surface area contributed by atoms with Gasteiger partial charge >= 0.3 is 0 Å². The van der Waals surface area contributed by atoms with E-state index in [0.29, 0.717) is 5.95 Å². The molecule has 0 fully saturated rings. The summed E-state index contributed by atoms with van der Waals surface area (Å²) in [6, 6.07) is 6.12. The summed E-state index contributed by atoms with van der Waals surface area (Å²) >= 11 is 0. The third kappa shape index (κ3) is 1.35. The highest BCUT2D eigenvalue weighted by Gasteiger charge is 2.18. The minimum Gasteiger partial charge on any atom is -0.369 e. The van der Waals surface area contributed by atoms with Crippen LogP contribution in [0.4, 0.5) is 5.95 Å². The van der Waals surface area contributed by atoms with Gasteiger partial charge in [-0.25, -0.2) is 4.98 Å². The molecule has 0 saturated heterocycles. The van der Waals surface area contributed by atoms with Crippen molar-refractivity contribution in [2.24, 2.45) is 0 Å². The quantitative estimate of drug-likeness (QED) is 0.668. The summed E-state index contributed by atoms with van der Waals surface area (Å²) in [4.78, 5) is 7.34. The van der Waals surface area contributed by atoms with Gasteiger partial charge in [0.25, 0.3) is 0 Å². The van der Waals surface area contributed by atoms with Crippen molar-refractivity contribution >= 4 is 17.0 Å². The van der Waals surface area contributed by atoms with Gasteiger partial charge in [-0.1, -0.05) is 32.9 Å². The van der Waals surface area contributed by atoms with Crippen molar-refractivity contribution in [2.45, 2.75) is 26.2 Å². The summed E-state index contributed by atoms with van der Waals surface area (Å²) < 4.78 is 0. The third-order valence-electron chi connectivity index (χ3n) is 2.34. The van der Waals surface area contributed by atoms with Gasteiger partial charge in [0.1, 0.15) is 0 Å². The number of anilines is 1. The number of nitrogens with two attached hydrogens (primary N) is 1. The van der Waals surface area contributed by atoms with E-state index in [1.165, 1.54) is 5.56 Å². The molecule has 0 bridgehead atoms. The first-order valence-electron chi connectivity index (χ1n) is 4.73. The highest BCUT2D eigenvalue weighted by Crippen LogP contribution is 2.28. The number of aromatic nitrogens is 2. The molecule has 0 aliphatic heterocycles. The summed E-state index contributed by atoms with van der Waals surface area (Å²) in [5.74, 6) is 0.483. The fourth-order valence-corrected chi connectivity index (χ4v) is 1.66. The number of aromatic amines is 1. The van der Waals surface area contributed by atoms with E-state index in [2.05, 4.69) is 36.8 Å². The summed E-state index contributed by atoms with van der Waals surface area (Å²) in [5.41, 5.74) is 8.95. The Morgan fingerprint density at radius 1 is 1.29 bits per heavy atom. The molecule has 0 saturated carbocycles. The molecular weight excluding hydrogens is 174 g/mol. The number of benzene rings is 1. The highest BCUT2D eigenvalue weighted by atomic mass is 15.0. The SMILES string of the molecule is CC(C)(C)c1cccc2[nH]c(N)nc12. The van der Waals surface area contributed by atoms with E-state index in [-0.39, 0.29) is 5.41 Å². The molecule has 3 nitrogen and oxygen atoms in total. The van der Waals surface area contributed by atoms with Crippen molar-refractivity contribution in [1.82, 2.24) is 9.97 Å². The molecule has 0 aliphatic rings. The van der Waals surface area contributed by atoms with Gasteiger partial charge in [-0.2, -0.15) is 0 Å². The molecule has 0 spiro atoms. The van der Waals surface area contributed by atoms with E-state index in [1.54, 1.807) is 0 Å². The number of H-pyrrole nitrogens is 1. The van der Waals surface area contributed by atoms with Gasteiger partial charge in [0.2, 0.25) is 0 Å². The topological polar surface area (TPSA) is 54.7 Å². The molecule has 0 aliphatic carbocycles. The van der Waals surface area contributed by atoms with Gasteiger partial charge in [-0.15, -0.1) is 0 Å². The molecular formula is C11H15N3. The van der Waals surface area contributed by atoms with E-state index >= 15 is 0 Å². The largest absolute Gasteiger partial charge is 0.369 e. The van der Waals surface area contributed by atoms with Crippen LogP contribution >= 0.6 is 0 Å². The maximum Gasteiger partial charge on any atom is 0.198 e. The molecule has 1 aromatic carbocycles. The molecule has 2 rings (SSSR count). The van der Waals surface area contributed by atoms with E-state index in [0.717, 1.165) is 11.0 Å². The van der Waals surface area contributed by atoms with Gasteiger partial charge in [0, 0.05) is 0 Å². The Morgan fingerprint density at radius 3 is 2.64 bits per heavy atom. The van der Waals surface area contributed by atoms with Crippen molar-refractivity contribution in [3.63, 3.8) is 0 Å². The highest BCUT2D eigenvalue weighted by molar-refractivity contribution is 5.81.